The lowest BCUT2D eigenvalue weighted by molar-refractivity contribution is -0.253. The second-order valence-electron chi connectivity index (χ2n) is 8.15. The first kappa shape index (κ1) is 27.9. The average Bonchev–Trinajstić information content (AvgIpc) is 2.80. The van der Waals surface area contributed by atoms with E-state index < -0.39 is 53.2 Å². The second kappa shape index (κ2) is 10.0. The maximum atomic E-state index is 13.9. The van der Waals surface area contributed by atoms with Crippen LogP contribution in [0.25, 0.3) is 0 Å². The second-order valence-corrected chi connectivity index (χ2v) is 8.15. The van der Waals surface area contributed by atoms with Gasteiger partial charge in [-0.15, -0.1) is 0 Å². The zero-order chi connectivity index (χ0) is 27.6. The zero-order valence-electron chi connectivity index (χ0n) is 18.9. The van der Waals surface area contributed by atoms with Gasteiger partial charge in [-0.3, -0.25) is 0 Å². The van der Waals surface area contributed by atoms with Crippen LogP contribution in [0.5, 0.6) is 0 Å². The molecule has 0 spiro atoms. The fourth-order valence-corrected chi connectivity index (χ4v) is 3.38. The molecule has 1 N–H and O–H groups in total. The average molecular weight is 531 g/mol. The highest BCUT2D eigenvalue weighted by molar-refractivity contribution is 5.58. The Labute approximate surface area is 206 Å². The van der Waals surface area contributed by atoms with Crippen molar-refractivity contribution in [3.05, 3.63) is 101 Å². The summed E-state index contributed by atoms with van der Waals surface area (Å²) in [5, 5.41) is 10.3. The first-order chi connectivity index (χ1) is 17.0. The summed E-state index contributed by atoms with van der Waals surface area (Å²) >= 11 is 0. The molecule has 0 aliphatic heterocycles. The van der Waals surface area contributed by atoms with E-state index in [2.05, 4.69) is 11.8 Å². The molecule has 3 rings (SSSR count). The molecule has 3 aromatic rings. The van der Waals surface area contributed by atoms with Gasteiger partial charge in [0, 0.05) is 23.4 Å². The first-order valence-corrected chi connectivity index (χ1v) is 10.5. The molecule has 0 amide bonds. The van der Waals surface area contributed by atoms with Gasteiger partial charge in [-0.2, -0.15) is 39.5 Å². The van der Waals surface area contributed by atoms with Crippen LogP contribution in [0.15, 0.2) is 72.8 Å². The van der Waals surface area contributed by atoms with Crippen molar-refractivity contribution in [1.29, 1.82) is 0 Å². The molecule has 0 aliphatic carbocycles. The minimum Gasteiger partial charge on any atom is -0.364 e. The van der Waals surface area contributed by atoms with E-state index in [1.54, 1.807) is 30.3 Å². The van der Waals surface area contributed by atoms with Crippen molar-refractivity contribution in [2.45, 2.75) is 37.7 Å². The van der Waals surface area contributed by atoms with Crippen LogP contribution >= 0.6 is 0 Å². The fourth-order valence-electron chi connectivity index (χ4n) is 3.38. The summed E-state index contributed by atoms with van der Waals surface area (Å²) in [7, 11) is 0. The number of aliphatic hydroxyl groups is 1. The molecule has 0 heterocycles. The third kappa shape index (κ3) is 6.57. The number of alkyl halides is 9. The summed E-state index contributed by atoms with van der Waals surface area (Å²) in [6.07, 6.45) is -15.2. The molecule has 11 heteroatoms. The van der Waals surface area contributed by atoms with Crippen LogP contribution in [-0.4, -0.2) is 17.0 Å². The SMILES string of the molecule is CC(O)(N(Cc1cccc(C(F)(F)F)c1)c1ccc(C#Cc2ccccc2)c(C(F)(F)F)c1)C(F)(F)F. The summed E-state index contributed by atoms with van der Waals surface area (Å²) in [6.45, 7) is -0.681. The van der Waals surface area contributed by atoms with Crippen LogP contribution in [0, 0.1) is 11.8 Å². The van der Waals surface area contributed by atoms with Crippen molar-refractivity contribution in [3.63, 3.8) is 0 Å². The Kier molecular flexibility index (Phi) is 7.56. The monoisotopic (exact) mass is 531 g/mol. The predicted molar refractivity (Wildman–Crippen MR) is 118 cm³/mol. The Balaban J connectivity index is 2.14. The lowest BCUT2D eigenvalue weighted by atomic mass is 10.0. The number of halogens is 9. The Hall–Kier alpha value is -3.65. The molecule has 0 saturated heterocycles. The van der Waals surface area contributed by atoms with Crippen molar-refractivity contribution in [3.8, 4) is 11.8 Å². The van der Waals surface area contributed by atoms with Crippen LogP contribution in [0.3, 0.4) is 0 Å². The number of nitrogens with zero attached hydrogens (tertiary/aromatic N) is 1. The third-order valence-corrected chi connectivity index (χ3v) is 5.39. The van der Waals surface area contributed by atoms with Gasteiger partial charge in [-0.25, -0.2) is 0 Å². The highest BCUT2D eigenvalue weighted by Gasteiger charge is 2.54. The molecule has 196 valence electrons. The highest BCUT2D eigenvalue weighted by Crippen LogP contribution is 2.41. The zero-order valence-corrected chi connectivity index (χ0v) is 18.9. The normalized spacial score (nSPS) is 13.9. The largest absolute Gasteiger partial charge is 0.436 e. The van der Waals surface area contributed by atoms with Crippen LogP contribution in [0.2, 0.25) is 0 Å². The van der Waals surface area contributed by atoms with E-state index in [1.165, 1.54) is 0 Å². The van der Waals surface area contributed by atoms with Crippen molar-refractivity contribution in [2.75, 3.05) is 4.90 Å². The first-order valence-electron chi connectivity index (χ1n) is 10.5. The molecule has 2 nitrogen and oxygen atoms in total. The predicted octanol–water partition coefficient (Wildman–Crippen LogP) is 7.40. The summed E-state index contributed by atoms with van der Waals surface area (Å²) < 4.78 is 122. The Morgan fingerprint density at radius 2 is 1.38 bits per heavy atom. The van der Waals surface area contributed by atoms with E-state index in [9.17, 15) is 44.6 Å². The van der Waals surface area contributed by atoms with Crippen molar-refractivity contribution in [1.82, 2.24) is 0 Å². The summed E-state index contributed by atoms with van der Waals surface area (Å²) in [5.41, 5.74) is -7.46. The van der Waals surface area contributed by atoms with Gasteiger partial charge in [-0.1, -0.05) is 42.2 Å². The molecule has 0 aromatic heterocycles. The molecule has 0 bridgehead atoms. The van der Waals surface area contributed by atoms with Gasteiger partial charge < -0.3 is 10.0 Å². The minimum atomic E-state index is -5.38. The maximum absolute atomic E-state index is 13.9. The summed E-state index contributed by atoms with van der Waals surface area (Å²) in [4.78, 5) is 0.159. The van der Waals surface area contributed by atoms with Gasteiger partial charge in [0.25, 0.3) is 0 Å². The molecule has 0 saturated carbocycles. The highest BCUT2D eigenvalue weighted by atomic mass is 19.4. The number of benzene rings is 3. The van der Waals surface area contributed by atoms with Crippen molar-refractivity contribution >= 4 is 5.69 Å². The molecule has 1 atom stereocenters. The van der Waals surface area contributed by atoms with Crippen molar-refractivity contribution in [2.24, 2.45) is 0 Å². The van der Waals surface area contributed by atoms with E-state index in [4.69, 9.17) is 0 Å². The van der Waals surface area contributed by atoms with Gasteiger partial charge in [0.05, 0.1) is 11.1 Å². The van der Waals surface area contributed by atoms with Crippen LogP contribution in [-0.2, 0) is 18.9 Å². The minimum absolute atomic E-state index is 0.159. The van der Waals surface area contributed by atoms with Crippen LogP contribution < -0.4 is 4.90 Å². The van der Waals surface area contributed by atoms with Crippen LogP contribution in [0.4, 0.5) is 45.2 Å². The van der Waals surface area contributed by atoms with E-state index >= 15 is 0 Å². The number of anilines is 1. The molecule has 37 heavy (non-hydrogen) atoms. The van der Waals surface area contributed by atoms with Gasteiger partial charge >= 0.3 is 18.5 Å². The quantitative estimate of drug-likeness (QED) is 0.216. The Morgan fingerprint density at radius 3 is 1.95 bits per heavy atom. The van der Waals surface area contributed by atoms with E-state index in [-0.39, 0.29) is 10.5 Å². The molecule has 3 aromatic carbocycles. The molecule has 0 fully saturated rings. The lowest BCUT2D eigenvalue weighted by Gasteiger charge is -2.40. The summed E-state index contributed by atoms with van der Waals surface area (Å²) in [5.74, 6) is 4.88. The van der Waals surface area contributed by atoms with E-state index in [0.717, 1.165) is 24.3 Å². The maximum Gasteiger partial charge on any atom is 0.436 e. The third-order valence-electron chi connectivity index (χ3n) is 5.39. The van der Waals surface area contributed by atoms with Gasteiger partial charge in [-0.05, 0) is 55.0 Å². The summed E-state index contributed by atoms with van der Waals surface area (Å²) in [6, 6.07) is 13.4. The fraction of sp³-hybridized carbons (Fsp3) is 0.231. The van der Waals surface area contributed by atoms with Gasteiger partial charge in [0.2, 0.25) is 5.72 Å². The lowest BCUT2D eigenvalue weighted by Crippen LogP contribution is -2.56. The van der Waals surface area contributed by atoms with Crippen LogP contribution in [0.1, 0.15) is 34.7 Å². The van der Waals surface area contributed by atoms with Gasteiger partial charge in [0.1, 0.15) is 0 Å². The number of hydrogen-bond acceptors (Lipinski definition) is 2. The molecule has 0 aliphatic rings. The Morgan fingerprint density at radius 1 is 0.730 bits per heavy atom. The standard InChI is InChI=1S/C26H18F9NO/c1-23(37,26(33,34)35)36(16-18-8-5-9-20(14-18)24(27,28)29)21-13-12-19(22(15-21)25(30,31)32)11-10-17-6-3-2-4-7-17/h2-9,12-15,37H,16H2,1H3. The van der Waals surface area contributed by atoms with Crippen molar-refractivity contribution < 1.29 is 44.6 Å². The molecular weight excluding hydrogens is 513 g/mol. The van der Waals surface area contributed by atoms with Gasteiger partial charge in [0.15, 0.2) is 0 Å². The Bertz CT molecular complexity index is 1300. The molecular formula is C26H18F9NO. The number of hydrogen-bond donors (Lipinski definition) is 1. The number of rotatable bonds is 4. The topological polar surface area (TPSA) is 23.5 Å². The smallest absolute Gasteiger partial charge is 0.364 e. The van der Waals surface area contributed by atoms with E-state index in [1.807, 2.05) is 0 Å². The molecule has 1 unspecified atom stereocenters. The van der Waals surface area contributed by atoms with E-state index in [0.29, 0.717) is 30.7 Å². The molecule has 0 radical (unpaired) electrons.